The van der Waals surface area contributed by atoms with Crippen molar-refractivity contribution in [1.29, 1.82) is 0 Å². The highest BCUT2D eigenvalue weighted by Gasteiger charge is 2.25. The van der Waals surface area contributed by atoms with Crippen LogP contribution < -0.4 is 10.9 Å². The number of nitrogens with zero attached hydrogens (tertiary/aromatic N) is 1. The number of rotatable bonds is 2. The normalized spacial score (nSPS) is 18.4. The molecule has 0 aliphatic carbocycles. The first-order valence-corrected chi connectivity index (χ1v) is 6.77. The Balaban J connectivity index is 1.98. The molecule has 2 aromatic rings. The lowest BCUT2D eigenvalue weighted by atomic mass is 10.1. The van der Waals surface area contributed by atoms with Crippen LogP contribution in [0.3, 0.4) is 0 Å². The van der Waals surface area contributed by atoms with Crippen molar-refractivity contribution in [2.45, 2.75) is 12.5 Å². The number of aromatic nitrogens is 1. The van der Waals surface area contributed by atoms with Gasteiger partial charge in [-0.25, -0.2) is 0 Å². The minimum Gasteiger partial charge on any atom is -0.337 e. The molecule has 1 fully saturated rings. The van der Waals surface area contributed by atoms with Gasteiger partial charge >= 0.3 is 0 Å². The van der Waals surface area contributed by atoms with Crippen LogP contribution in [0.2, 0.25) is 0 Å². The first-order valence-electron chi connectivity index (χ1n) is 6.77. The molecular formula is C15H17N3O2. The summed E-state index contributed by atoms with van der Waals surface area (Å²) in [5.41, 5.74) is 0.629. The van der Waals surface area contributed by atoms with E-state index < -0.39 is 0 Å². The monoisotopic (exact) mass is 271 g/mol. The van der Waals surface area contributed by atoms with E-state index in [1.54, 1.807) is 18.0 Å². The molecule has 1 unspecified atom stereocenters. The summed E-state index contributed by atoms with van der Waals surface area (Å²) >= 11 is 0. The molecule has 1 aliphatic heterocycles. The van der Waals surface area contributed by atoms with Crippen molar-refractivity contribution >= 4 is 16.8 Å². The summed E-state index contributed by atoms with van der Waals surface area (Å²) in [7, 11) is 1.76. The van der Waals surface area contributed by atoms with Crippen molar-refractivity contribution < 1.29 is 4.79 Å². The van der Waals surface area contributed by atoms with E-state index in [2.05, 4.69) is 10.3 Å². The predicted octanol–water partition coefficient (Wildman–Crippen LogP) is 0.962. The number of carbonyl (C=O) groups excluding carboxylic acids is 1. The topological polar surface area (TPSA) is 65.2 Å². The Labute approximate surface area is 116 Å². The molecule has 1 amide bonds. The largest absolute Gasteiger partial charge is 0.337 e. The minimum absolute atomic E-state index is 0.161. The van der Waals surface area contributed by atoms with Gasteiger partial charge in [-0.05, 0) is 30.5 Å². The van der Waals surface area contributed by atoms with Crippen molar-refractivity contribution in [3.63, 3.8) is 0 Å². The quantitative estimate of drug-likeness (QED) is 0.855. The molecule has 1 aromatic heterocycles. The third kappa shape index (κ3) is 2.20. The summed E-state index contributed by atoms with van der Waals surface area (Å²) in [6, 6.07) is 9.30. The first-order chi connectivity index (χ1) is 9.66. The molecule has 1 saturated heterocycles. The van der Waals surface area contributed by atoms with Crippen molar-refractivity contribution in [2.75, 3.05) is 20.1 Å². The third-order valence-corrected chi connectivity index (χ3v) is 3.89. The number of amides is 1. The van der Waals surface area contributed by atoms with Crippen LogP contribution in [0.1, 0.15) is 16.8 Å². The summed E-state index contributed by atoms with van der Waals surface area (Å²) in [5, 5.41) is 4.09. The van der Waals surface area contributed by atoms with Gasteiger partial charge in [0.25, 0.3) is 11.5 Å². The average Bonchev–Trinajstić information content (AvgIpc) is 2.99. The van der Waals surface area contributed by atoms with Gasteiger partial charge in [0, 0.05) is 25.2 Å². The molecule has 0 radical (unpaired) electrons. The lowest BCUT2D eigenvalue weighted by Gasteiger charge is -2.23. The van der Waals surface area contributed by atoms with Gasteiger partial charge in [0.15, 0.2) is 0 Å². The molecule has 1 aromatic carbocycles. The standard InChI is InChI=1S/C15H17N3O2/c1-18(11-6-7-16-9-11)15(20)12-8-10-4-2-3-5-13(10)17-14(12)19/h2-5,8,11,16H,6-7,9H2,1H3,(H,17,19). The maximum absolute atomic E-state index is 12.5. The molecule has 5 nitrogen and oxygen atoms in total. The van der Waals surface area contributed by atoms with Crippen molar-refractivity contribution in [3.8, 4) is 0 Å². The van der Waals surface area contributed by atoms with Crippen molar-refractivity contribution in [2.24, 2.45) is 0 Å². The van der Waals surface area contributed by atoms with Gasteiger partial charge < -0.3 is 15.2 Å². The number of likely N-dealkylation sites (N-methyl/N-ethyl adjacent to an activating group) is 1. The summed E-state index contributed by atoms with van der Waals surface area (Å²) in [6.45, 7) is 1.70. The van der Waals surface area contributed by atoms with E-state index in [-0.39, 0.29) is 23.1 Å². The van der Waals surface area contributed by atoms with E-state index in [1.165, 1.54) is 0 Å². The number of hydrogen-bond acceptors (Lipinski definition) is 3. The van der Waals surface area contributed by atoms with Gasteiger partial charge in [-0.3, -0.25) is 9.59 Å². The number of para-hydroxylation sites is 1. The summed E-state index contributed by atoms with van der Waals surface area (Å²) in [5.74, 6) is -0.217. The lowest BCUT2D eigenvalue weighted by molar-refractivity contribution is 0.0742. The molecule has 1 atom stereocenters. The van der Waals surface area contributed by atoms with Crippen LogP contribution in [0.25, 0.3) is 10.9 Å². The van der Waals surface area contributed by atoms with Gasteiger partial charge in [0.2, 0.25) is 0 Å². The van der Waals surface area contributed by atoms with Crippen LogP contribution >= 0.6 is 0 Å². The lowest BCUT2D eigenvalue weighted by Crippen LogP contribution is -2.40. The molecule has 0 spiro atoms. The Kier molecular flexibility index (Phi) is 3.28. The maximum atomic E-state index is 12.5. The number of benzene rings is 1. The van der Waals surface area contributed by atoms with Gasteiger partial charge in [0.1, 0.15) is 5.56 Å². The highest BCUT2D eigenvalue weighted by molar-refractivity contribution is 5.97. The number of pyridine rings is 1. The zero-order valence-electron chi connectivity index (χ0n) is 11.3. The van der Waals surface area contributed by atoms with Crippen LogP contribution in [0.4, 0.5) is 0 Å². The molecule has 0 bridgehead atoms. The Morgan fingerprint density at radius 3 is 2.90 bits per heavy atom. The van der Waals surface area contributed by atoms with E-state index in [1.807, 2.05) is 24.3 Å². The maximum Gasteiger partial charge on any atom is 0.261 e. The van der Waals surface area contributed by atoms with Gasteiger partial charge in [-0.2, -0.15) is 0 Å². The molecule has 5 heteroatoms. The second-order valence-electron chi connectivity index (χ2n) is 5.16. The molecule has 3 rings (SSSR count). The van der Waals surface area contributed by atoms with Gasteiger partial charge in [-0.1, -0.05) is 18.2 Å². The third-order valence-electron chi connectivity index (χ3n) is 3.89. The highest BCUT2D eigenvalue weighted by Crippen LogP contribution is 2.13. The van der Waals surface area contributed by atoms with E-state index in [0.717, 1.165) is 30.4 Å². The molecule has 20 heavy (non-hydrogen) atoms. The Bertz CT molecular complexity index is 702. The average molecular weight is 271 g/mol. The van der Waals surface area contributed by atoms with E-state index in [9.17, 15) is 9.59 Å². The number of aromatic amines is 1. The van der Waals surface area contributed by atoms with Gasteiger partial charge in [0.05, 0.1) is 0 Å². The van der Waals surface area contributed by atoms with Crippen molar-refractivity contribution in [3.05, 3.63) is 46.2 Å². The molecular weight excluding hydrogens is 254 g/mol. The fourth-order valence-corrected chi connectivity index (χ4v) is 2.63. The molecule has 2 heterocycles. The SMILES string of the molecule is CN(C(=O)c1cc2ccccc2[nH]c1=O)C1CCNC1. The van der Waals surface area contributed by atoms with Crippen molar-refractivity contribution in [1.82, 2.24) is 15.2 Å². The Morgan fingerprint density at radius 1 is 1.35 bits per heavy atom. The second-order valence-corrected chi connectivity index (χ2v) is 5.16. The summed E-state index contributed by atoms with van der Waals surface area (Å²) < 4.78 is 0. The van der Waals surface area contributed by atoms with Crippen LogP contribution in [0.15, 0.2) is 35.1 Å². The van der Waals surface area contributed by atoms with Crippen LogP contribution in [-0.2, 0) is 0 Å². The van der Waals surface area contributed by atoms with Gasteiger partial charge in [-0.15, -0.1) is 0 Å². The molecule has 104 valence electrons. The first kappa shape index (κ1) is 12.9. The van der Waals surface area contributed by atoms with E-state index in [0.29, 0.717) is 0 Å². The second kappa shape index (κ2) is 5.09. The van der Waals surface area contributed by atoms with E-state index >= 15 is 0 Å². The smallest absolute Gasteiger partial charge is 0.261 e. The molecule has 0 saturated carbocycles. The number of carbonyl (C=O) groups is 1. The predicted molar refractivity (Wildman–Crippen MR) is 77.9 cm³/mol. The minimum atomic E-state index is -0.327. The van der Waals surface area contributed by atoms with Crippen LogP contribution in [0, 0.1) is 0 Å². The van der Waals surface area contributed by atoms with Crippen LogP contribution in [0.5, 0.6) is 0 Å². The number of fused-ring (bicyclic) bond motifs is 1. The number of hydrogen-bond donors (Lipinski definition) is 2. The number of H-pyrrole nitrogens is 1. The highest BCUT2D eigenvalue weighted by atomic mass is 16.2. The summed E-state index contributed by atoms with van der Waals surface area (Å²) in [6.07, 6.45) is 0.924. The Morgan fingerprint density at radius 2 is 2.15 bits per heavy atom. The molecule has 1 aliphatic rings. The Hall–Kier alpha value is -2.14. The van der Waals surface area contributed by atoms with Crippen LogP contribution in [-0.4, -0.2) is 42.0 Å². The molecule has 2 N–H and O–H groups in total. The fourth-order valence-electron chi connectivity index (χ4n) is 2.63. The zero-order valence-corrected chi connectivity index (χ0v) is 11.3. The number of nitrogens with one attached hydrogen (secondary N) is 2. The zero-order chi connectivity index (χ0) is 14.1. The summed E-state index contributed by atoms with van der Waals surface area (Å²) in [4.78, 5) is 29.0. The fraction of sp³-hybridized carbons (Fsp3) is 0.333. The van der Waals surface area contributed by atoms with E-state index in [4.69, 9.17) is 0 Å².